The van der Waals surface area contributed by atoms with Crippen LogP contribution in [0.2, 0.25) is 0 Å². The lowest BCUT2D eigenvalue weighted by molar-refractivity contribution is 0.0491. The summed E-state index contributed by atoms with van der Waals surface area (Å²) in [6.45, 7) is 5.21. The summed E-state index contributed by atoms with van der Waals surface area (Å²) in [5, 5.41) is 3.77. The molecule has 0 amide bonds. The predicted molar refractivity (Wildman–Crippen MR) is 100 cm³/mol. The second-order valence-electron chi connectivity index (χ2n) is 6.10. The van der Waals surface area contributed by atoms with Gasteiger partial charge < -0.3 is 14.5 Å². The lowest BCUT2D eigenvalue weighted by Gasteiger charge is -2.23. The first-order valence-corrected chi connectivity index (χ1v) is 9.84. The van der Waals surface area contributed by atoms with Gasteiger partial charge in [-0.3, -0.25) is 0 Å². The fraction of sp³-hybridized carbons (Fsp3) is 0.471. The van der Waals surface area contributed by atoms with Gasteiger partial charge in [-0.1, -0.05) is 0 Å². The number of piperidine rings is 1. The topological polar surface area (TPSA) is 97.6 Å². The maximum absolute atomic E-state index is 12.6. The van der Waals surface area contributed by atoms with Gasteiger partial charge in [0.05, 0.1) is 11.5 Å². The largest absolute Gasteiger partial charge is 0.460 e. The molecule has 0 radical (unpaired) electrons. The number of carbonyl (C=O) groups is 1. The molecule has 1 aliphatic rings. The monoisotopic (exact) mass is 402 g/mol. The number of furan rings is 1. The Morgan fingerprint density at radius 1 is 1.42 bits per heavy atom. The van der Waals surface area contributed by atoms with Gasteiger partial charge in [0, 0.05) is 23.5 Å². The smallest absolute Gasteiger partial charge is 0.374 e. The quantitative estimate of drug-likeness (QED) is 0.745. The Hall–Kier alpha value is -1.61. The molecular formula is C17H23ClN2O5S. The number of halogens is 1. The molecule has 0 bridgehead atoms. The van der Waals surface area contributed by atoms with E-state index in [1.807, 2.05) is 0 Å². The second kappa shape index (κ2) is 8.39. The number of rotatable bonds is 5. The van der Waals surface area contributed by atoms with Crippen LogP contribution in [-0.2, 0) is 14.8 Å². The van der Waals surface area contributed by atoms with Crippen molar-refractivity contribution in [2.24, 2.45) is 0 Å². The highest BCUT2D eigenvalue weighted by Crippen LogP contribution is 2.28. The van der Waals surface area contributed by atoms with Crippen molar-refractivity contribution >= 4 is 39.4 Å². The number of nitrogens with one attached hydrogen (secondary N) is 2. The molecule has 2 N–H and O–H groups in total. The molecule has 144 valence electrons. The molecule has 0 spiro atoms. The van der Waals surface area contributed by atoms with E-state index >= 15 is 0 Å². The minimum atomic E-state index is -3.64. The molecule has 1 saturated heterocycles. The minimum Gasteiger partial charge on any atom is -0.460 e. The predicted octanol–water partition coefficient (Wildman–Crippen LogP) is 2.37. The van der Waals surface area contributed by atoms with Gasteiger partial charge in [0.1, 0.15) is 5.58 Å². The third-order valence-corrected chi connectivity index (χ3v) is 5.82. The van der Waals surface area contributed by atoms with Crippen LogP contribution in [0.4, 0.5) is 0 Å². The lowest BCUT2D eigenvalue weighted by Crippen LogP contribution is -2.45. The zero-order valence-electron chi connectivity index (χ0n) is 14.7. The fourth-order valence-electron chi connectivity index (χ4n) is 3.00. The number of hydrogen-bond acceptors (Lipinski definition) is 6. The van der Waals surface area contributed by atoms with E-state index in [0.29, 0.717) is 23.1 Å². The Morgan fingerprint density at radius 3 is 2.85 bits per heavy atom. The molecule has 2 heterocycles. The number of ether oxygens (including phenoxy) is 1. The van der Waals surface area contributed by atoms with Crippen LogP contribution in [0.15, 0.2) is 27.5 Å². The fourth-order valence-corrected chi connectivity index (χ4v) is 4.29. The third kappa shape index (κ3) is 4.20. The Balaban J connectivity index is 0.00000243. The van der Waals surface area contributed by atoms with Crippen molar-refractivity contribution < 1.29 is 22.4 Å². The van der Waals surface area contributed by atoms with Crippen LogP contribution in [-0.4, -0.2) is 40.1 Å². The molecule has 7 nitrogen and oxygen atoms in total. The first-order chi connectivity index (χ1) is 11.9. The third-order valence-electron chi connectivity index (χ3n) is 4.30. The zero-order valence-corrected chi connectivity index (χ0v) is 16.3. The molecule has 2 aromatic rings. The van der Waals surface area contributed by atoms with Crippen molar-refractivity contribution in [1.82, 2.24) is 10.0 Å². The van der Waals surface area contributed by atoms with Crippen LogP contribution < -0.4 is 10.0 Å². The summed E-state index contributed by atoms with van der Waals surface area (Å²) < 4.78 is 38.5. The van der Waals surface area contributed by atoms with E-state index in [2.05, 4.69) is 10.0 Å². The van der Waals surface area contributed by atoms with E-state index in [0.717, 1.165) is 19.4 Å². The summed E-state index contributed by atoms with van der Waals surface area (Å²) in [6, 6.07) is 4.47. The first-order valence-electron chi connectivity index (χ1n) is 8.35. The van der Waals surface area contributed by atoms with Crippen LogP contribution in [0.5, 0.6) is 0 Å². The summed E-state index contributed by atoms with van der Waals surface area (Å²) in [5.74, 6) is -0.442. The van der Waals surface area contributed by atoms with Crippen molar-refractivity contribution in [2.45, 2.75) is 37.6 Å². The summed E-state index contributed by atoms with van der Waals surface area (Å²) in [4.78, 5) is 12.1. The molecule has 1 aliphatic heterocycles. The molecule has 9 heteroatoms. The normalized spacial score (nSPS) is 17.7. The highest BCUT2D eigenvalue weighted by molar-refractivity contribution is 7.89. The number of benzene rings is 1. The number of esters is 1. The van der Waals surface area contributed by atoms with Crippen LogP contribution in [0.1, 0.15) is 35.9 Å². The average Bonchev–Trinajstić information content (AvgIpc) is 2.92. The number of fused-ring (bicyclic) bond motifs is 1. The van der Waals surface area contributed by atoms with Gasteiger partial charge in [-0.25, -0.2) is 17.9 Å². The van der Waals surface area contributed by atoms with Crippen LogP contribution in [0, 0.1) is 6.92 Å². The summed E-state index contributed by atoms with van der Waals surface area (Å²) in [7, 11) is -3.64. The number of aryl methyl sites for hydroxylation is 1. The Kier molecular flexibility index (Phi) is 6.68. The maximum atomic E-state index is 12.6. The maximum Gasteiger partial charge on any atom is 0.374 e. The van der Waals surface area contributed by atoms with E-state index in [9.17, 15) is 13.2 Å². The zero-order chi connectivity index (χ0) is 18.0. The Labute approximate surface area is 158 Å². The Morgan fingerprint density at radius 2 is 2.19 bits per heavy atom. The van der Waals surface area contributed by atoms with E-state index in [-0.39, 0.29) is 35.7 Å². The van der Waals surface area contributed by atoms with Gasteiger partial charge in [0.2, 0.25) is 15.8 Å². The number of carbonyl (C=O) groups excluding carboxylic acids is 1. The van der Waals surface area contributed by atoms with Crippen molar-refractivity contribution in [1.29, 1.82) is 0 Å². The molecule has 0 saturated carbocycles. The average molecular weight is 403 g/mol. The van der Waals surface area contributed by atoms with Crippen molar-refractivity contribution in [3.63, 3.8) is 0 Å². The lowest BCUT2D eigenvalue weighted by atomic mass is 10.1. The summed E-state index contributed by atoms with van der Waals surface area (Å²) in [6.07, 6.45) is 1.75. The van der Waals surface area contributed by atoms with Gasteiger partial charge in [0.25, 0.3) is 0 Å². The van der Waals surface area contributed by atoms with E-state index < -0.39 is 16.0 Å². The Bertz CT molecular complexity index is 888. The molecule has 26 heavy (non-hydrogen) atoms. The van der Waals surface area contributed by atoms with Crippen molar-refractivity contribution in [3.8, 4) is 0 Å². The minimum absolute atomic E-state index is 0. The van der Waals surface area contributed by atoms with E-state index in [1.165, 1.54) is 12.1 Å². The molecule has 0 aliphatic carbocycles. The molecule has 1 atom stereocenters. The molecule has 0 unspecified atom stereocenters. The molecule has 3 rings (SSSR count). The van der Waals surface area contributed by atoms with Crippen molar-refractivity contribution in [2.75, 3.05) is 19.7 Å². The molecular weight excluding hydrogens is 380 g/mol. The van der Waals surface area contributed by atoms with Gasteiger partial charge >= 0.3 is 5.97 Å². The van der Waals surface area contributed by atoms with Crippen LogP contribution >= 0.6 is 12.4 Å². The SMILES string of the molecule is CCOC(=O)c1oc2ccc(S(=O)(=O)N[C@H]3CCCNC3)cc2c1C.Cl. The summed E-state index contributed by atoms with van der Waals surface area (Å²) >= 11 is 0. The van der Waals surface area contributed by atoms with Gasteiger partial charge in [-0.15, -0.1) is 12.4 Å². The van der Waals surface area contributed by atoms with Gasteiger partial charge in [-0.2, -0.15) is 0 Å². The highest BCUT2D eigenvalue weighted by atomic mass is 35.5. The first kappa shape index (κ1) is 20.7. The van der Waals surface area contributed by atoms with E-state index in [1.54, 1.807) is 19.9 Å². The number of sulfonamides is 1. The van der Waals surface area contributed by atoms with E-state index in [4.69, 9.17) is 9.15 Å². The molecule has 1 aromatic heterocycles. The second-order valence-corrected chi connectivity index (χ2v) is 7.81. The summed E-state index contributed by atoms with van der Waals surface area (Å²) in [5.41, 5.74) is 1.03. The van der Waals surface area contributed by atoms with Crippen LogP contribution in [0.3, 0.4) is 0 Å². The molecule has 1 aromatic carbocycles. The standard InChI is InChI=1S/C17H22N2O5S.ClH/c1-3-23-17(20)16-11(2)14-9-13(6-7-15(14)24-16)25(21,22)19-12-5-4-8-18-10-12;/h6-7,9,12,18-19H,3-5,8,10H2,1-2H3;1H/t12-;/m0./s1. The van der Waals surface area contributed by atoms with Crippen molar-refractivity contribution in [3.05, 3.63) is 29.5 Å². The van der Waals surface area contributed by atoms with Gasteiger partial charge in [-0.05, 0) is 51.4 Å². The molecule has 1 fully saturated rings. The number of hydrogen-bond donors (Lipinski definition) is 2. The highest BCUT2D eigenvalue weighted by Gasteiger charge is 2.24. The van der Waals surface area contributed by atoms with Gasteiger partial charge in [0.15, 0.2) is 0 Å². The van der Waals surface area contributed by atoms with Crippen LogP contribution in [0.25, 0.3) is 11.0 Å².